The second kappa shape index (κ2) is 8.29. The topological polar surface area (TPSA) is 77.4 Å². The molecule has 7 heteroatoms. The molecule has 0 saturated carbocycles. The van der Waals surface area contributed by atoms with Crippen molar-refractivity contribution in [2.75, 3.05) is 33.4 Å². The Morgan fingerprint density at radius 1 is 1.36 bits per heavy atom. The molecule has 7 nitrogen and oxygen atoms in total. The van der Waals surface area contributed by atoms with E-state index in [1.54, 1.807) is 19.2 Å². The van der Waals surface area contributed by atoms with Gasteiger partial charge in [0.25, 0.3) is 0 Å². The fourth-order valence-electron chi connectivity index (χ4n) is 2.06. The minimum absolute atomic E-state index is 0.266. The molecule has 1 heterocycles. The SMILES string of the molecule is COc1ccc(C[C@H](N=C=O)C(=O)ON2CCOCC2)cc1. The third-order valence-corrected chi connectivity index (χ3v) is 3.26. The molecule has 1 aliphatic heterocycles. The molecule has 0 unspecified atom stereocenters. The largest absolute Gasteiger partial charge is 0.497 e. The maximum Gasteiger partial charge on any atom is 0.351 e. The summed E-state index contributed by atoms with van der Waals surface area (Å²) in [6.07, 6.45) is 1.70. The van der Waals surface area contributed by atoms with Crippen LogP contribution in [0.5, 0.6) is 5.75 Å². The molecule has 0 aromatic heterocycles. The van der Waals surface area contributed by atoms with Crippen molar-refractivity contribution in [2.45, 2.75) is 12.5 Å². The predicted octanol–water partition coefficient (Wildman–Crippen LogP) is 0.732. The number of isocyanates is 1. The summed E-state index contributed by atoms with van der Waals surface area (Å²) >= 11 is 0. The quantitative estimate of drug-likeness (QED) is 0.569. The van der Waals surface area contributed by atoms with Gasteiger partial charge in [0.1, 0.15) is 5.75 Å². The lowest BCUT2D eigenvalue weighted by Gasteiger charge is -2.26. The number of aliphatic imine (C=N–C) groups is 1. The number of hydrogen-bond donors (Lipinski definition) is 0. The van der Waals surface area contributed by atoms with Crippen LogP contribution in [0.2, 0.25) is 0 Å². The lowest BCUT2D eigenvalue weighted by molar-refractivity contribution is -0.206. The van der Waals surface area contributed by atoms with Crippen molar-refractivity contribution in [1.29, 1.82) is 0 Å². The third kappa shape index (κ3) is 4.66. The van der Waals surface area contributed by atoms with Gasteiger partial charge < -0.3 is 14.3 Å². The van der Waals surface area contributed by atoms with Gasteiger partial charge in [0, 0.05) is 6.42 Å². The first-order chi connectivity index (χ1) is 10.7. The second-order valence-corrected chi connectivity index (χ2v) is 4.74. The van der Waals surface area contributed by atoms with Crippen molar-refractivity contribution in [3.63, 3.8) is 0 Å². The third-order valence-electron chi connectivity index (χ3n) is 3.26. The Labute approximate surface area is 128 Å². The first kappa shape index (κ1) is 16.2. The summed E-state index contributed by atoms with van der Waals surface area (Å²) in [7, 11) is 1.58. The highest BCUT2D eigenvalue weighted by Gasteiger charge is 2.24. The Hall–Kier alpha value is -2.21. The zero-order valence-electron chi connectivity index (χ0n) is 12.4. The number of carbonyl (C=O) groups excluding carboxylic acids is 2. The molecule has 0 N–H and O–H groups in total. The predicted molar refractivity (Wildman–Crippen MR) is 77.1 cm³/mol. The molecule has 1 aromatic rings. The van der Waals surface area contributed by atoms with Gasteiger partial charge in [-0.05, 0) is 17.7 Å². The first-order valence-corrected chi connectivity index (χ1v) is 6.97. The van der Waals surface area contributed by atoms with E-state index in [9.17, 15) is 9.59 Å². The van der Waals surface area contributed by atoms with Crippen LogP contribution in [0, 0.1) is 0 Å². The zero-order chi connectivity index (χ0) is 15.8. The van der Waals surface area contributed by atoms with Crippen LogP contribution in [0.3, 0.4) is 0 Å². The number of carbonyl (C=O) groups is 1. The summed E-state index contributed by atoms with van der Waals surface area (Å²) in [6, 6.07) is 6.28. The van der Waals surface area contributed by atoms with Gasteiger partial charge in [0.2, 0.25) is 6.08 Å². The van der Waals surface area contributed by atoms with Crippen molar-refractivity contribution >= 4 is 12.0 Å². The van der Waals surface area contributed by atoms with Gasteiger partial charge in [0.05, 0.1) is 33.4 Å². The van der Waals surface area contributed by atoms with E-state index < -0.39 is 12.0 Å². The summed E-state index contributed by atoms with van der Waals surface area (Å²) in [5, 5.41) is 1.52. The molecular formula is C15H18N2O5. The highest BCUT2D eigenvalue weighted by atomic mass is 16.7. The van der Waals surface area contributed by atoms with E-state index in [0.29, 0.717) is 26.3 Å². The Morgan fingerprint density at radius 3 is 2.64 bits per heavy atom. The Bertz CT molecular complexity index is 533. The maximum absolute atomic E-state index is 12.1. The molecule has 1 saturated heterocycles. The van der Waals surface area contributed by atoms with Crippen LogP contribution >= 0.6 is 0 Å². The summed E-state index contributed by atoms with van der Waals surface area (Å²) in [4.78, 5) is 31.5. The van der Waals surface area contributed by atoms with E-state index in [1.807, 2.05) is 12.1 Å². The smallest absolute Gasteiger partial charge is 0.351 e. The molecule has 1 aromatic carbocycles. The van der Waals surface area contributed by atoms with Crippen LogP contribution in [0.25, 0.3) is 0 Å². The molecule has 1 aliphatic rings. The van der Waals surface area contributed by atoms with Crippen molar-refractivity contribution in [3.8, 4) is 5.75 Å². The summed E-state index contributed by atoms with van der Waals surface area (Å²) in [6.45, 7) is 2.03. The molecule has 0 amide bonds. The highest BCUT2D eigenvalue weighted by molar-refractivity contribution is 5.77. The first-order valence-electron chi connectivity index (χ1n) is 6.97. The van der Waals surface area contributed by atoms with Gasteiger partial charge in [-0.15, -0.1) is 5.06 Å². The lowest BCUT2D eigenvalue weighted by atomic mass is 10.1. The van der Waals surface area contributed by atoms with E-state index in [1.165, 1.54) is 11.1 Å². The van der Waals surface area contributed by atoms with E-state index in [2.05, 4.69) is 4.99 Å². The summed E-state index contributed by atoms with van der Waals surface area (Å²) in [5.74, 6) is 0.149. The molecule has 1 atom stereocenters. The van der Waals surface area contributed by atoms with Crippen molar-refractivity contribution in [2.24, 2.45) is 4.99 Å². The second-order valence-electron chi connectivity index (χ2n) is 4.74. The standard InChI is InChI=1S/C15H18N2O5/c1-20-13-4-2-12(3-5-13)10-14(16-11-18)15(19)22-17-6-8-21-9-7-17/h2-5,14H,6-10H2,1H3/t14-/m0/s1. The lowest BCUT2D eigenvalue weighted by Crippen LogP contribution is -2.40. The van der Waals surface area contributed by atoms with Crippen LogP contribution in [0.15, 0.2) is 29.3 Å². The summed E-state index contributed by atoms with van der Waals surface area (Å²) in [5.41, 5.74) is 0.851. The van der Waals surface area contributed by atoms with E-state index in [-0.39, 0.29) is 6.42 Å². The Kier molecular flexibility index (Phi) is 6.09. The van der Waals surface area contributed by atoms with Crippen LogP contribution in [0.1, 0.15) is 5.56 Å². The number of nitrogens with zero attached hydrogens (tertiary/aromatic N) is 2. The average Bonchev–Trinajstić information content (AvgIpc) is 2.56. The molecule has 0 bridgehead atoms. The van der Waals surface area contributed by atoms with Crippen molar-refractivity contribution < 1.29 is 23.9 Å². The number of hydroxylamine groups is 2. The normalized spacial score (nSPS) is 16.4. The molecule has 22 heavy (non-hydrogen) atoms. The molecule has 1 fully saturated rings. The van der Waals surface area contributed by atoms with Gasteiger partial charge in [-0.2, -0.15) is 4.99 Å². The van der Waals surface area contributed by atoms with Gasteiger partial charge in [-0.1, -0.05) is 12.1 Å². The number of benzene rings is 1. The minimum atomic E-state index is -0.909. The van der Waals surface area contributed by atoms with E-state index >= 15 is 0 Å². The van der Waals surface area contributed by atoms with Crippen LogP contribution in [-0.4, -0.2) is 56.6 Å². The van der Waals surface area contributed by atoms with Crippen molar-refractivity contribution in [1.82, 2.24) is 5.06 Å². The molecule has 0 aliphatic carbocycles. The Balaban J connectivity index is 1.98. The highest BCUT2D eigenvalue weighted by Crippen LogP contribution is 2.14. The molecule has 0 spiro atoms. The van der Waals surface area contributed by atoms with Gasteiger partial charge in [-0.25, -0.2) is 9.59 Å². The molecule has 0 radical (unpaired) electrons. The monoisotopic (exact) mass is 306 g/mol. The number of rotatable bonds is 6. The van der Waals surface area contributed by atoms with Gasteiger partial charge in [-0.3, -0.25) is 0 Å². The number of morpholine rings is 1. The summed E-state index contributed by atoms with van der Waals surface area (Å²) < 4.78 is 10.2. The van der Waals surface area contributed by atoms with Crippen LogP contribution < -0.4 is 4.74 Å². The molecule has 118 valence electrons. The van der Waals surface area contributed by atoms with Crippen molar-refractivity contribution in [3.05, 3.63) is 29.8 Å². The van der Waals surface area contributed by atoms with Gasteiger partial charge >= 0.3 is 5.97 Å². The van der Waals surface area contributed by atoms with Crippen LogP contribution in [0.4, 0.5) is 0 Å². The maximum atomic E-state index is 12.1. The van der Waals surface area contributed by atoms with E-state index in [4.69, 9.17) is 14.3 Å². The average molecular weight is 306 g/mol. The zero-order valence-corrected chi connectivity index (χ0v) is 12.4. The fourth-order valence-corrected chi connectivity index (χ4v) is 2.06. The van der Waals surface area contributed by atoms with Gasteiger partial charge in [0.15, 0.2) is 6.04 Å². The van der Waals surface area contributed by atoms with Crippen LogP contribution in [-0.2, 0) is 25.6 Å². The molecule has 2 rings (SSSR count). The number of ether oxygens (including phenoxy) is 2. The molecular weight excluding hydrogens is 288 g/mol. The number of hydrogen-bond acceptors (Lipinski definition) is 7. The van der Waals surface area contributed by atoms with E-state index in [0.717, 1.165) is 11.3 Å². The Morgan fingerprint density at radius 2 is 2.05 bits per heavy atom. The minimum Gasteiger partial charge on any atom is -0.497 e. The number of methoxy groups -OCH3 is 1. The fraction of sp³-hybridized carbons (Fsp3) is 0.467.